The van der Waals surface area contributed by atoms with E-state index in [1.807, 2.05) is 0 Å². The first-order valence-electron chi connectivity index (χ1n) is 10.1. The van der Waals surface area contributed by atoms with E-state index in [0.717, 1.165) is 23.1 Å². The maximum atomic E-state index is 15.3. The molecule has 1 unspecified atom stereocenters. The number of rotatable bonds is 5. The van der Waals surface area contributed by atoms with E-state index in [-0.39, 0.29) is 30.6 Å². The number of hydrogen-bond acceptors (Lipinski definition) is 3. The van der Waals surface area contributed by atoms with Crippen molar-refractivity contribution in [3.05, 3.63) is 52.3 Å². The highest BCUT2D eigenvalue weighted by Gasteiger charge is 2.63. The van der Waals surface area contributed by atoms with Crippen molar-refractivity contribution in [2.24, 2.45) is 5.41 Å². The molecule has 0 bridgehead atoms. The Kier molecular flexibility index (Phi) is 5.95. The summed E-state index contributed by atoms with van der Waals surface area (Å²) in [5, 5.41) is 1.67. The average molecular weight is 507 g/mol. The van der Waals surface area contributed by atoms with Gasteiger partial charge >= 0.3 is 6.18 Å². The molecule has 34 heavy (non-hydrogen) atoms. The molecule has 1 aliphatic heterocycles. The molecule has 0 saturated heterocycles. The smallest absolute Gasteiger partial charge is 0.395 e. The number of alkyl halides is 3. The van der Waals surface area contributed by atoms with Crippen LogP contribution in [-0.4, -0.2) is 24.1 Å². The molecule has 4 rings (SSSR count). The number of benzene rings is 2. The van der Waals surface area contributed by atoms with Gasteiger partial charge in [-0.3, -0.25) is 9.59 Å². The molecule has 5 nitrogen and oxygen atoms in total. The number of ether oxygens (including phenoxy) is 1. The molecule has 0 spiro atoms. The predicted molar refractivity (Wildman–Crippen MR) is 110 cm³/mol. The van der Waals surface area contributed by atoms with Crippen molar-refractivity contribution in [2.75, 3.05) is 10.2 Å². The Hall–Kier alpha value is -2.95. The van der Waals surface area contributed by atoms with Gasteiger partial charge in [0.15, 0.2) is 17.7 Å². The highest BCUT2D eigenvalue weighted by atomic mass is 35.5. The minimum absolute atomic E-state index is 0.0710. The van der Waals surface area contributed by atoms with Crippen LogP contribution < -0.4 is 15.0 Å². The zero-order valence-corrected chi connectivity index (χ0v) is 18.3. The first-order chi connectivity index (χ1) is 15.8. The van der Waals surface area contributed by atoms with Crippen LogP contribution in [0.4, 0.5) is 37.7 Å². The van der Waals surface area contributed by atoms with Crippen molar-refractivity contribution in [3.8, 4) is 5.75 Å². The largest absolute Gasteiger partial charge is 0.476 e. The molecule has 0 radical (unpaired) electrons. The van der Waals surface area contributed by atoms with Gasteiger partial charge in [0.05, 0.1) is 28.4 Å². The number of fused-ring (bicyclic) bond motifs is 1. The fraction of sp³-hybridized carbons (Fsp3) is 0.364. The zero-order chi connectivity index (χ0) is 25.0. The number of carbonyl (C=O) groups is 2. The monoisotopic (exact) mass is 506 g/mol. The summed E-state index contributed by atoms with van der Waals surface area (Å²) >= 11 is 6.10. The Labute approximate surface area is 194 Å². The summed E-state index contributed by atoms with van der Waals surface area (Å²) in [6.45, 7) is 0.973. The van der Waals surface area contributed by atoms with Gasteiger partial charge in [0, 0.05) is 12.5 Å². The van der Waals surface area contributed by atoms with Gasteiger partial charge in [-0.15, -0.1) is 0 Å². The van der Waals surface area contributed by atoms with Gasteiger partial charge in [0.2, 0.25) is 5.91 Å². The Bertz CT molecular complexity index is 1160. The molecule has 0 aromatic heterocycles. The molecule has 2 aromatic carbocycles. The average Bonchev–Trinajstić information content (AvgIpc) is 3.50. The summed E-state index contributed by atoms with van der Waals surface area (Å²) < 4.78 is 87.2. The van der Waals surface area contributed by atoms with Crippen LogP contribution in [0.2, 0.25) is 5.02 Å². The first kappa shape index (κ1) is 24.2. The van der Waals surface area contributed by atoms with Crippen LogP contribution in [0.25, 0.3) is 0 Å². The standard InChI is InChI=1S/C22H17ClF6N2O3/c1-10-20(33)31(9-11-4-12(24)6-13(25)5-11)15-7-14(23)18(17(26)19(15)34-10)30-16(32)8-21(2-3-21)22(27,28)29/h4-7,10H,2-3,8-9H2,1H3,(H,30,32). The minimum Gasteiger partial charge on any atom is -0.476 e. The quantitative estimate of drug-likeness (QED) is 0.526. The lowest BCUT2D eigenvalue weighted by molar-refractivity contribution is -0.189. The SMILES string of the molecule is CC1Oc2c(cc(Cl)c(NC(=O)CC3(C(F)(F)F)CC3)c2F)N(Cc2cc(F)cc(F)c2)C1=O. The van der Waals surface area contributed by atoms with Gasteiger partial charge in [-0.2, -0.15) is 13.2 Å². The Balaban J connectivity index is 1.65. The lowest BCUT2D eigenvalue weighted by atomic mass is 10.0. The summed E-state index contributed by atoms with van der Waals surface area (Å²) in [5.41, 5.74) is -2.83. The molecular weight excluding hydrogens is 490 g/mol. The van der Waals surface area contributed by atoms with Gasteiger partial charge in [-0.1, -0.05) is 11.6 Å². The predicted octanol–water partition coefficient (Wildman–Crippen LogP) is 5.74. The number of nitrogens with one attached hydrogen (secondary N) is 1. The van der Waals surface area contributed by atoms with Crippen molar-refractivity contribution in [2.45, 2.75) is 45.0 Å². The lowest BCUT2D eigenvalue weighted by Gasteiger charge is -2.34. The number of halogens is 7. The highest BCUT2D eigenvalue weighted by molar-refractivity contribution is 6.34. The Morgan fingerprint density at radius 1 is 1.18 bits per heavy atom. The van der Waals surface area contributed by atoms with Gasteiger partial charge in [-0.25, -0.2) is 13.2 Å². The topological polar surface area (TPSA) is 58.6 Å². The van der Waals surface area contributed by atoms with Crippen LogP contribution in [0.5, 0.6) is 5.75 Å². The molecule has 2 aromatic rings. The molecular formula is C22H17ClF6N2O3. The van der Waals surface area contributed by atoms with Crippen LogP contribution in [-0.2, 0) is 16.1 Å². The maximum Gasteiger partial charge on any atom is 0.395 e. The normalized spacial score (nSPS) is 18.9. The third-order valence-corrected chi connectivity index (χ3v) is 6.13. The van der Waals surface area contributed by atoms with Crippen LogP contribution in [0, 0.1) is 22.9 Å². The number of carbonyl (C=O) groups excluding carboxylic acids is 2. The van der Waals surface area contributed by atoms with Crippen LogP contribution >= 0.6 is 11.6 Å². The summed E-state index contributed by atoms with van der Waals surface area (Å²) in [4.78, 5) is 26.0. The zero-order valence-electron chi connectivity index (χ0n) is 17.5. The van der Waals surface area contributed by atoms with Crippen molar-refractivity contribution in [1.82, 2.24) is 0 Å². The second-order valence-electron chi connectivity index (χ2n) is 8.36. The van der Waals surface area contributed by atoms with Gasteiger partial charge < -0.3 is 15.0 Å². The number of anilines is 2. The van der Waals surface area contributed by atoms with E-state index in [2.05, 4.69) is 5.32 Å². The fourth-order valence-electron chi connectivity index (χ4n) is 3.83. The van der Waals surface area contributed by atoms with Gasteiger partial charge in [0.25, 0.3) is 5.91 Å². The lowest BCUT2D eigenvalue weighted by Crippen LogP contribution is -2.44. The number of nitrogens with zero attached hydrogens (tertiary/aromatic N) is 1. The van der Waals surface area contributed by atoms with Crippen LogP contribution in [0.1, 0.15) is 31.7 Å². The van der Waals surface area contributed by atoms with E-state index >= 15 is 4.39 Å². The third-order valence-electron chi connectivity index (χ3n) is 5.83. The van der Waals surface area contributed by atoms with E-state index in [1.54, 1.807) is 0 Å². The number of amides is 2. The van der Waals surface area contributed by atoms with Gasteiger partial charge in [-0.05, 0) is 43.5 Å². The van der Waals surface area contributed by atoms with Crippen molar-refractivity contribution < 1.29 is 40.7 Å². The number of hydrogen-bond donors (Lipinski definition) is 1. The Morgan fingerprint density at radius 3 is 2.35 bits per heavy atom. The van der Waals surface area contributed by atoms with E-state index in [4.69, 9.17) is 16.3 Å². The molecule has 1 heterocycles. The molecule has 1 fully saturated rings. The summed E-state index contributed by atoms with van der Waals surface area (Å²) in [6.07, 6.45) is -7.08. The van der Waals surface area contributed by atoms with E-state index < -0.39 is 69.8 Å². The van der Waals surface area contributed by atoms with E-state index in [9.17, 15) is 31.5 Å². The van der Waals surface area contributed by atoms with E-state index in [1.165, 1.54) is 6.92 Å². The molecule has 1 atom stereocenters. The fourth-order valence-corrected chi connectivity index (χ4v) is 4.06. The minimum atomic E-state index is -4.57. The summed E-state index contributed by atoms with van der Waals surface area (Å²) in [7, 11) is 0. The van der Waals surface area contributed by atoms with Crippen molar-refractivity contribution in [3.63, 3.8) is 0 Å². The second-order valence-corrected chi connectivity index (χ2v) is 8.77. The first-order valence-corrected chi connectivity index (χ1v) is 10.5. The van der Waals surface area contributed by atoms with E-state index in [0.29, 0.717) is 6.07 Å². The molecule has 182 valence electrons. The molecule has 2 aliphatic rings. The van der Waals surface area contributed by atoms with Crippen LogP contribution in [0.3, 0.4) is 0 Å². The third kappa shape index (κ3) is 4.40. The maximum absolute atomic E-state index is 15.3. The van der Waals surface area contributed by atoms with Gasteiger partial charge in [0.1, 0.15) is 11.6 Å². The molecule has 1 N–H and O–H groups in total. The molecule has 1 saturated carbocycles. The highest BCUT2D eigenvalue weighted by Crippen LogP contribution is 2.60. The molecule has 12 heteroatoms. The molecule has 2 amide bonds. The van der Waals surface area contributed by atoms with Crippen molar-refractivity contribution >= 4 is 34.8 Å². The Morgan fingerprint density at radius 2 is 1.79 bits per heavy atom. The summed E-state index contributed by atoms with van der Waals surface area (Å²) in [6, 6.07) is 3.73. The van der Waals surface area contributed by atoms with Crippen molar-refractivity contribution in [1.29, 1.82) is 0 Å². The second kappa shape index (κ2) is 8.37. The molecule has 1 aliphatic carbocycles. The summed E-state index contributed by atoms with van der Waals surface area (Å²) in [5.74, 6) is -5.16. The van der Waals surface area contributed by atoms with Crippen LogP contribution in [0.15, 0.2) is 24.3 Å².